The zero-order valence-electron chi connectivity index (χ0n) is 12.5. The Bertz CT molecular complexity index is 752. The summed E-state index contributed by atoms with van der Waals surface area (Å²) in [5, 5.41) is 5.39. The van der Waals surface area contributed by atoms with Crippen LogP contribution in [0.5, 0.6) is 0 Å². The standard InChI is InChI=1S/C13H9.C7H9.Zr/c1-3-7-12-10(5-1)9-11-6-2-4-8-13(11)12;1-6-3-4-7(2)5-6;/h1-9H;5H,3H2,1-2H3;/q2*-1;+2. The molecule has 4 rings (SSSR count). The Morgan fingerprint density at radius 1 is 0.857 bits per heavy atom. The summed E-state index contributed by atoms with van der Waals surface area (Å²) in [7, 11) is 0. The van der Waals surface area contributed by atoms with Gasteiger partial charge in [0.15, 0.2) is 0 Å². The van der Waals surface area contributed by atoms with Crippen LogP contribution in [-0.4, -0.2) is 0 Å². The van der Waals surface area contributed by atoms with Crippen molar-refractivity contribution in [3.05, 3.63) is 77.9 Å². The monoisotopic (exact) mass is 348 g/mol. The predicted molar refractivity (Wildman–Crippen MR) is 87.9 cm³/mol. The maximum absolute atomic E-state index is 3.19. The molecule has 0 unspecified atom stereocenters. The molecule has 1 aliphatic rings. The number of allylic oxidation sites excluding steroid dienone is 4. The van der Waals surface area contributed by atoms with Gasteiger partial charge in [-0.15, -0.1) is 46.2 Å². The van der Waals surface area contributed by atoms with Gasteiger partial charge in [-0.3, -0.25) is 6.08 Å². The van der Waals surface area contributed by atoms with Crippen LogP contribution >= 0.6 is 0 Å². The van der Waals surface area contributed by atoms with Gasteiger partial charge in [-0.1, -0.05) is 50.2 Å². The van der Waals surface area contributed by atoms with Gasteiger partial charge in [0.25, 0.3) is 0 Å². The van der Waals surface area contributed by atoms with Gasteiger partial charge < -0.3 is 0 Å². The van der Waals surface area contributed by atoms with Gasteiger partial charge in [-0.25, -0.2) is 11.6 Å². The van der Waals surface area contributed by atoms with Crippen molar-refractivity contribution in [2.24, 2.45) is 0 Å². The van der Waals surface area contributed by atoms with Gasteiger partial charge in [0.1, 0.15) is 0 Å². The van der Waals surface area contributed by atoms with Crippen molar-refractivity contribution >= 4 is 21.5 Å². The van der Waals surface area contributed by atoms with E-state index < -0.39 is 0 Å². The van der Waals surface area contributed by atoms with E-state index in [1.807, 2.05) is 0 Å². The van der Waals surface area contributed by atoms with Crippen molar-refractivity contribution in [3.63, 3.8) is 0 Å². The largest absolute Gasteiger partial charge is 2.00 e. The van der Waals surface area contributed by atoms with Gasteiger partial charge in [0.05, 0.1) is 0 Å². The Morgan fingerprint density at radius 2 is 1.38 bits per heavy atom. The van der Waals surface area contributed by atoms with Crippen molar-refractivity contribution in [1.29, 1.82) is 0 Å². The van der Waals surface area contributed by atoms with Crippen LogP contribution in [0.15, 0.2) is 71.8 Å². The minimum Gasteiger partial charge on any atom is -0.270 e. The van der Waals surface area contributed by atoms with Gasteiger partial charge in [0, 0.05) is 0 Å². The number of hydrogen-bond acceptors (Lipinski definition) is 0. The molecular weight excluding hydrogens is 331 g/mol. The first-order valence-corrected chi connectivity index (χ1v) is 7.02. The number of benzene rings is 2. The molecule has 3 aromatic carbocycles. The first-order chi connectivity index (χ1) is 9.74. The normalized spacial score (nSPS) is 13.2. The van der Waals surface area contributed by atoms with Crippen molar-refractivity contribution in [2.45, 2.75) is 20.3 Å². The summed E-state index contributed by atoms with van der Waals surface area (Å²) >= 11 is 0. The zero-order valence-corrected chi connectivity index (χ0v) is 14.9. The summed E-state index contributed by atoms with van der Waals surface area (Å²) in [6.45, 7) is 4.21. The maximum Gasteiger partial charge on any atom is 2.00 e. The molecule has 3 aromatic rings. The molecule has 0 atom stereocenters. The van der Waals surface area contributed by atoms with Crippen LogP contribution in [0.4, 0.5) is 0 Å². The van der Waals surface area contributed by atoms with E-state index in [1.165, 1.54) is 32.7 Å². The van der Waals surface area contributed by atoms with E-state index in [0.717, 1.165) is 6.42 Å². The Balaban J connectivity index is 0.000000174. The number of rotatable bonds is 0. The molecule has 0 nitrogen and oxygen atoms in total. The number of hydrogen-bond donors (Lipinski definition) is 0. The maximum atomic E-state index is 3.19. The molecule has 21 heavy (non-hydrogen) atoms. The van der Waals surface area contributed by atoms with Gasteiger partial charge in [-0.05, 0) is 0 Å². The Morgan fingerprint density at radius 3 is 1.76 bits per heavy atom. The van der Waals surface area contributed by atoms with Crippen LogP contribution < -0.4 is 0 Å². The summed E-state index contributed by atoms with van der Waals surface area (Å²) in [6.07, 6.45) is 6.41. The van der Waals surface area contributed by atoms with Crippen LogP contribution in [0, 0.1) is 6.08 Å². The zero-order chi connectivity index (χ0) is 13.9. The summed E-state index contributed by atoms with van der Waals surface area (Å²) in [6, 6.07) is 19.3. The number of fused-ring (bicyclic) bond motifs is 3. The molecule has 0 saturated carbocycles. The summed E-state index contributed by atoms with van der Waals surface area (Å²) in [4.78, 5) is 0. The predicted octanol–water partition coefficient (Wildman–Crippen LogP) is 5.80. The minimum atomic E-state index is 0. The molecule has 0 radical (unpaired) electrons. The van der Waals surface area contributed by atoms with Gasteiger partial charge in [-0.2, -0.15) is 5.57 Å². The topological polar surface area (TPSA) is 0 Å². The van der Waals surface area contributed by atoms with Crippen LogP contribution in [0.2, 0.25) is 0 Å². The smallest absolute Gasteiger partial charge is 0.270 e. The molecule has 102 valence electrons. The molecule has 0 aliphatic heterocycles. The van der Waals surface area contributed by atoms with E-state index >= 15 is 0 Å². The van der Waals surface area contributed by atoms with Crippen LogP contribution in [0.3, 0.4) is 0 Å². The molecule has 1 heteroatoms. The fourth-order valence-electron chi connectivity index (χ4n) is 2.65. The second-order valence-corrected chi connectivity index (χ2v) is 5.35. The summed E-state index contributed by atoms with van der Waals surface area (Å²) < 4.78 is 0. The molecule has 1 aliphatic carbocycles. The molecule has 0 heterocycles. The third-order valence-electron chi connectivity index (χ3n) is 3.63. The third-order valence-corrected chi connectivity index (χ3v) is 3.63. The molecule has 0 bridgehead atoms. The van der Waals surface area contributed by atoms with Gasteiger partial charge in [0.2, 0.25) is 0 Å². The first-order valence-electron chi connectivity index (χ1n) is 7.02. The summed E-state index contributed by atoms with van der Waals surface area (Å²) in [5.74, 6) is 0. The molecule has 0 N–H and O–H groups in total. The first kappa shape index (κ1) is 16.1. The fraction of sp³-hybridized carbons (Fsp3) is 0.150. The van der Waals surface area contributed by atoms with Crippen molar-refractivity contribution in [1.82, 2.24) is 0 Å². The average molecular weight is 350 g/mol. The molecule has 0 amide bonds. The second-order valence-electron chi connectivity index (χ2n) is 5.35. The van der Waals surface area contributed by atoms with E-state index in [9.17, 15) is 0 Å². The van der Waals surface area contributed by atoms with Crippen molar-refractivity contribution in [2.75, 3.05) is 0 Å². The van der Waals surface area contributed by atoms with E-state index in [2.05, 4.69) is 80.6 Å². The molecule has 0 saturated heterocycles. The van der Waals surface area contributed by atoms with Crippen molar-refractivity contribution < 1.29 is 26.2 Å². The van der Waals surface area contributed by atoms with Crippen LogP contribution in [0.1, 0.15) is 20.3 Å². The van der Waals surface area contributed by atoms with Crippen molar-refractivity contribution in [3.8, 4) is 0 Å². The minimum absolute atomic E-state index is 0. The molecule has 0 aromatic heterocycles. The molecule has 0 fully saturated rings. The van der Waals surface area contributed by atoms with E-state index in [1.54, 1.807) is 0 Å². The second kappa shape index (κ2) is 7.09. The Hall–Kier alpha value is -1.33. The van der Waals surface area contributed by atoms with Crippen LogP contribution in [0.25, 0.3) is 21.5 Å². The van der Waals surface area contributed by atoms with Crippen LogP contribution in [-0.2, 0) is 26.2 Å². The van der Waals surface area contributed by atoms with Gasteiger partial charge >= 0.3 is 26.2 Å². The van der Waals surface area contributed by atoms with E-state index in [4.69, 9.17) is 0 Å². The quantitative estimate of drug-likeness (QED) is 0.450. The fourth-order valence-corrected chi connectivity index (χ4v) is 2.65. The third kappa shape index (κ3) is 3.66. The summed E-state index contributed by atoms with van der Waals surface area (Å²) in [5.41, 5.74) is 2.72. The van der Waals surface area contributed by atoms with E-state index in [-0.39, 0.29) is 26.2 Å². The SMILES string of the molecule is CC1=[C-]CC(C)=C1.[Zr+2].c1ccc2c(c1)[cH-]c1ccccc12. The molecular formula is C20H18Zr. The average Bonchev–Trinajstić information content (AvgIpc) is 3.02. The Kier molecular flexibility index (Phi) is 5.42. The Labute approximate surface area is 145 Å². The molecule has 0 spiro atoms. The van der Waals surface area contributed by atoms with E-state index in [0.29, 0.717) is 0 Å².